The Morgan fingerprint density at radius 1 is 1.50 bits per heavy atom. The van der Waals surface area contributed by atoms with Crippen LogP contribution in [0.25, 0.3) is 0 Å². The summed E-state index contributed by atoms with van der Waals surface area (Å²) in [7, 11) is 1.58. The summed E-state index contributed by atoms with van der Waals surface area (Å²) in [6.07, 6.45) is 0.541. The summed E-state index contributed by atoms with van der Waals surface area (Å²) in [5, 5.41) is 0. The summed E-state index contributed by atoms with van der Waals surface area (Å²) >= 11 is 4.82. The monoisotopic (exact) mass is 266 g/mol. The fourth-order valence-electron chi connectivity index (χ4n) is 1.59. The summed E-state index contributed by atoms with van der Waals surface area (Å²) in [6, 6.07) is 7.11. The lowest BCUT2D eigenvalue weighted by molar-refractivity contribution is 0.0768. The topological polar surface area (TPSA) is 55.6 Å². The number of nitrogens with zero attached hydrogens (tertiary/aromatic N) is 1. The highest BCUT2D eigenvalue weighted by atomic mass is 32.1. The van der Waals surface area contributed by atoms with E-state index in [-0.39, 0.29) is 5.91 Å². The summed E-state index contributed by atoms with van der Waals surface area (Å²) in [6.45, 7) is 3.10. The average Bonchev–Trinajstić information content (AvgIpc) is 2.39. The Balaban J connectivity index is 2.79. The van der Waals surface area contributed by atoms with Gasteiger partial charge in [-0.15, -0.1) is 0 Å². The second-order valence-corrected chi connectivity index (χ2v) is 4.36. The van der Waals surface area contributed by atoms with Gasteiger partial charge in [-0.3, -0.25) is 4.79 Å². The second-order valence-electron chi connectivity index (χ2n) is 3.83. The molecule has 0 aromatic heterocycles. The molecule has 0 atom stereocenters. The van der Waals surface area contributed by atoms with Gasteiger partial charge in [-0.25, -0.2) is 0 Å². The number of hydrogen-bond donors (Lipinski definition) is 1. The number of ether oxygens (including phenoxy) is 1. The molecule has 0 fully saturated rings. The van der Waals surface area contributed by atoms with Gasteiger partial charge in [0.2, 0.25) is 0 Å². The molecule has 2 N–H and O–H groups in total. The van der Waals surface area contributed by atoms with Crippen LogP contribution in [0.5, 0.6) is 5.75 Å². The number of carbonyl (C=O) groups excluding carboxylic acids is 1. The molecule has 0 radical (unpaired) electrons. The molecular weight excluding hydrogens is 248 g/mol. The van der Waals surface area contributed by atoms with Gasteiger partial charge < -0.3 is 15.4 Å². The van der Waals surface area contributed by atoms with Crippen LogP contribution in [0.2, 0.25) is 0 Å². The molecule has 0 saturated heterocycles. The van der Waals surface area contributed by atoms with Crippen molar-refractivity contribution in [3.05, 3.63) is 29.8 Å². The molecule has 0 bridgehead atoms. The van der Waals surface area contributed by atoms with E-state index in [2.05, 4.69) is 0 Å². The molecule has 0 spiro atoms. The molecule has 1 amide bonds. The van der Waals surface area contributed by atoms with Gasteiger partial charge in [-0.05, 0) is 25.1 Å². The Labute approximate surface area is 113 Å². The third-order valence-electron chi connectivity index (χ3n) is 2.61. The van der Waals surface area contributed by atoms with E-state index in [1.165, 1.54) is 0 Å². The van der Waals surface area contributed by atoms with Crippen LogP contribution in [0.1, 0.15) is 23.7 Å². The zero-order valence-corrected chi connectivity index (χ0v) is 11.5. The maximum atomic E-state index is 12.2. The Kier molecular flexibility index (Phi) is 5.58. The molecule has 0 heterocycles. The van der Waals surface area contributed by atoms with E-state index in [1.54, 1.807) is 30.2 Å². The largest absolute Gasteiger partial charge is 0.497 e. The number of rotatable bonds is 6. The number of hydrogen-bond acceptors (Lipinski definition) is 3. The van der Waals surface area contributed by atoms with Crippen LogP contribution in [0, 0.1) is 0 Å². The van der Waals surface area contributed by atoms with Crippen LogP contribution >= 0.6 is 12.2 Å². The van der Waals surface area contributed by atoms with Gasteiger partial charge in [-0.1, -0.05) is 18.3 Å². The number of carbonyl (C=O) groups is 1. The molecule has 0 aliphatic rings. The van der Waals surface area contributed by atoms with Crippen molar-refractivity contribution in [3.63, 3.8) is 0 Å². The fourth-order valence-corrected chi connectivity index (χ4v) is 1.68. The normalized spacial score (nSPS) is 9.89. The molecule has 1 aromatic carbocycles. The van der Waals surface area contributed by atoms with E-state index in [0.717, 1.165) is 0 Å². The molecule has 4 nitrogen and oxygen atoms in total. The maximum Gasteiger partial charge on any atom is 0.253 e. The van der Waals surface area contributed by atoms with Gasteiger partial charge in [-0.2, -0.15) is 0 Å². The van der Waals surface area contributed by atoms with Gasteiger partial charge in [0.15, 0.2) is 0 Å². The van der Waals surface area contributed by atoms with E-state index in [1.807, 2.05) is 13.0 Å². The second kappa shape index (κ2) is 6.96. The predicted octanol–water partition coefficient (Wildman–Crippen LogP) is 1.83. The van der Waals surface area contributed by atoms with Crippen molar-refractivity contribution in [1.82, 2.24) is 4.90 Å². The first-order valence-electron chi connectivity index (χ1n) is 5.80. The van der Waals surface area contributed by atoms with E-state index < -0.39 is 0 Å². The van der Waals surface area contributed by atoms with Crippen LogP contribution in [0.3, 0.4) is 0 Å². The highest BCUT2D eigenvalue weighted by Gasteiger charge is 2.14. The lowest BCUT2D eigenvalue weighted by atomic mass is 10.2. The zero-order chi connectivity index (χ0) is 13.5. The fraction of sp³-hybridized carbons (Fsp3) is 0.385. The number of methoxy groups -OCH3 is 1. The predicted molar refractivity (Wildman–Crippen MR) is 76.0 cm³/mol. The average molecular weight is 266 g/mol. The molecule has 1 rings (SSSR count). The SMILES string of the molecule is CCN(CCC(N)=S)C(=O)c1cccc(OC)c1. The number of nitrogens with two attached hydrogens (primary N) is 1. The van der Waals surface area contributed by atoms with Crippen LogP contribution in [0.15, 0.2) is 24.3 Å². The Morgan fingerprint density at radius 3 is 2.78 bits per heavy atom. The Morgan fingerprint density at radius 2 is 2.22 bits per heavy atom. The maximum absolute atomic E-state index is 12.2. The van der Waals surface area contributed by atoms with Crippen molar-refractivity contribution in [2.45, 2.75) is 13.3 Å². The van der Waals surface area contributed by atoms with Gasteiger partial charge in [0.05, 0.1) is 12.1 Å². The van der Waals surface area contributed by atoms with Crippen molar-refractivity contribution in [1.29, 1.82) is 0 Å². The molecule has 1 aromatic rings. The summed E-state index contributed by atoms with van der Waals surface area (Å²) in [5.41, 5.74) is 6.06. The summed E-state index contributed by atoms with van der Waals surface area (Å²) in [5.74, 6) is 0.638. The lowest BCUT2D eigenvalue weighted by Crippen LogP contribution is -2.33. The van der Waals surface area contributed by atoms with Crippen LogP contribution in [-0.2, 0) is 0 Å². The van der Waals surface area contributed by atoms with E-state index in [9.17, 15) is 4.79 Å². The van der Waals surface area contributed by atoms with Gasteiger partial charge >= 0.3 is 0 Å². The molecule has 0 saturated carbocycles. The van der Waals surface area contributed by atoms with E-state index in [4.69, 9.17) is 22.7 Å². The first-order chi connectivity index (χ1) is 8.58. The smallest absolute Gasteiger partial charge is 0.253 e. The first-order valence-corrected chi connectivity index (χ1v) is 6.21. The zero-order valence-electron chi connectivity index (χ0n) is 10.7. The Hall–Kier alpha value is -1.62. The quantitative estimate of drug-likeness (QED) is 0.798. The van der Waals surface area contributed by atoms with Gasteiger partial charge in [0.1, 0.15) is 5.75 Å². The van der Waals surface area contributed by atoms with E-state index >= 15 is 0 Å². The minimum atomic E-state index is -0.0346. The van der Waals surface area contributed by atoms with Crippen molar-refractivity contribution in [2.24, 2.45) is 5.73 Å². The minimum Gasteiger partial charge on any atom is -0.497 e. The summed E-state index contributed by atoms with van der Waals surface area (Å²) in [4.78, 5) is 14.4. The molecular formula is C13H18N2O2S. The minimum absolute atomic E-state index is 0.0346. The molecule has 18 heavy (non-hydrogen) atoms. The van der Waals surface area contributed by atoms with Gasteiger partial charge in [0.25, 0.3) is 5.91 Å². The van der Waals surface area contributed by atoms with Crippen molar-refractivity contribution in [2.75, 3.05) is 20.2 Å². The summed E-state index contributed by atoms with van der Waals surface area (Å²) < 4.78 is 5.11. The lowest BCUT2D eigenvalue weighted by Gasteiger charge is -2.20. The standard InChI is InChI=1S/C13H18N2O2S/c1-3-15(8-7-12(14)18)13(16)10-5-4-6-11(9-10)17-2/h4-6,9H,3,7-8H2,1-2H3,(H2,14,18). The van der Waals surface area contributed by atoms with Crippen LogP contribution < -0.4 is 10.5 Å². The van der Waals surface area contributed by atoms with Crippen molar-refractivity contribution < 1.29 is 9.53 Å². The molecule has 5 heteroatoms. The highest BCUT2D eigenvalue weighted by Crippen LogP contribution is 2.14. The molecule has 98 valence electrons. The van der Waals surface area contributed by atoms with Gasteiger partial charge in [0, 0.05) is 25.1 Å². The molecule has 0 aliphatic heterocycles. The highest BCUT2D eigenvalue weighted by molar-refractivity contribution is 7.80. The van der Waals surface area contributed by atoms with Crippen molar-refractivity contribution >= 4 is 23.1 Å². The molecule has 0 aliphatic carbocycles. The number of benzene rings is 1. The van der Waals surface area contributed by atoms with Crippen LogP contribution in [0.4, 0.5) is 0 Å². The van der Waals surface area contributed by atoms with Crippen molar-refractivity contribution in [3.8, 4) is 5.75 Å². The number of thiocarbonyl (C=S) groups is 1. The Bertz CT molecular complexity index is 435. The van der Waals surface area contributed by atoms with Crippen LogP contribution in [-0.4, -0.2) is 36.0 Å². The van der Waals surface area contributed by atoms with E-state index in [0.29, 0.717) is 35.8 Å². The number of amides is 1. The molecule has 0 unspecified atom stereocenters. The third kappa shape index (κ3) is 4.00. The first kappa shape index (κ1) is 14.4. The third-order valence-corrected chi connectivity index (χ3v) is 2.82.